The number of hydrogen-bond donors (Lipinski definition) is 1. The maximum atomic E-state index is 12.6. The van der Waals surface area contributed by atoms with Crippen molar-refractivity contribution in [2.24, 2.45) is 7.05 Å². The molecule has 0 aliphatic carbocycles. The molecule has 0 fully saturated rings. The van der Waals surface area contributed by atoms with Crippen LogP contribution >= 0.6 is 23.2 Å². The minimum atomic E-state index is -0.108. The molecule has 2 aromatic carbocycles. The van der Waals surface area contributed by atoms with Crippen LogP contribution in [0.3, 0.4) is 0 Å². The Morgan fingerprint density at radius 3 is 2.59 bits per heavy atom. The van der Waals surface area contributed by atoms with Crippen LogP contribution < -0.4 is 32.0 Å². The fraction of sp³-hybridized carbons (Fsp3) is 0.158. The molecule has 1 aromatic heterocycles. The first-order valence-electron chi connectivity index (χ1n) is 7.88. The lowest BCUT2D eigenvalue weighted by Gasteiger charge is -2.02. The predicted molar refractivity (Wildman–Crippen MR) is 103 cm³/mol. The third-order valence-electron chi connectivity index (χ3n) is 4.20. The van der Waals surface area contributed by atoms with E-state index in [0.717, 1.165) is 17.0 Å². The van der Waals surface area contributed by atoms with Crippen molar-refractivity contribution in [3.63, 3.8) is 0 Å². The molecule has 5 nitrogen and oxygen atoms in total. The molecule has 2 N–H and O–H groups in total. The maximum Gasteiger partial charge on any atom is 0.355 e. The van der Waals surface area contributed by atoms with Gasteiger partial charge in [-0.1, -0.05) is 35.3 Å². The molecule has 142 valence electrons. The summed E-state index contributed by atoms with van der Waals surface area (Å²) in [6.07, 6.45) is 1.85. The van der Waals surface area contributed by atoms with Crippen molar-refractivity contribution in [2.75, 3.05) is 12.8 Å². The van der Waals surface area contributed by atoms with Gasteiger partial charge in [0.25, 0.3) is 0 Å². The van der Waals surface area contributed by atoms with E-state index < -0.39 is 0 Å². The Morgan fingerprint density at radius 2 is 1.93 bits per heavy atom. The predicted octanol–water partition coefficient (Wildman–Crippen LogP) is 0.764. The number of hydrogen-bond acceptors (Lipinski definition) is 3. The molecule has 0 radical (unpaired) electrons. The quantitative estimate of drug-likeness (QED) is 0.442. The van der Waals surface area contributed by atoms with Crippen LogP contribution in [0, 0.1) is 0 Å². The summed E-state index contributed by atoms with van der Waals surface area (Å²) in [6, 6.07) is 12.5. The Balaban J connectivity index is 0.00000261. The van der Waals surface area contributed by atoms with Crippen molar-refractivity contribution in [3.05, 3.63) is 64.3 Å². The van der Waals surface area contributed by atoms with Gasteiger partial charge in [-0.2, -0.15) is 0 Å². The van der Waals surface area contributed by atoms with E-state index in [1.807, 2.05) is 42.1 Å². The highest BCUT2D eigenvalue weighted by Crippen LogP contribution is 2.25. The SMILES string of the molecule is COc1cccc(-c2c[n+](CC(=O)c3ccc(Cl)c(Cl)c3)c(N)n2C)c1.[Br-]. The van der Waals surface area contributed by atoms with Gasteiger partial charge in [0, 0.05) is 11.1 Å². The number of benzene rings is 2. The molecule has 0 saturated carbocycles. The monoisotopic (exact) mass is 469 g/mol. The lowest BCUT2D eigenvalue weighted by molar-refractivity contribution is -0.667. The number of methoxy groups -OCH3 is 1. The van der Waals surface area contributed by atoms with Crippen LogP contribution in [0.1, 0.15) is 10.4 Å². The second-order valence-electron chi connectivity index (χ2n) is 5.84. The standard InChI is InChI=1S/C19H17Cl2N3O2.BrH/c1-23-17(12-4-3-5-14(8-12)26-2)10-24(19(23)22)11-18(25)13-6-7-15(20)16(21)9-13;/h3-10,22H,11H2,1-2H3;1H. The first-order chi connectivity index (χ1) is 12.4. The van der Waals surface area contributed by atoms with Gasteiger partial charge in [-0.05, 0) is 30.3 Å². The normalized spacial score (nSPS) is 10.4. The van der Waals surface area contributed by atoms with E-state index in [1.54, 1.807) is 29.9 Å². The summed E-state index contributed by atoms with van der Waals surface area (Å²) in [5.41, 5.74) is 8.49. The molecule has 0 unspecified atom stereocenters. The van der Waals surface area contributed by atoms with Crippen molar-refractivity contribution < 1.29 is 31.1 Å². The van der Waals surface area contributed by atoms with E-state index in [0.29, 0.717) is 21.6 Å². The van der Waals surface area contributed by atoms with Gasteiger partial charge in [0.2, 0.25) is 0 Å². The van der Waals surface area contributed by atoms with Crippen molar-refractivity contribution in [2.45, 2.75) is 6.54 Å². The first kappa shape index (κ1) is 21.3. The zero-order valence-electron chi connectivity index (χ0n) is 14.7. The van der Waals surface area contributed by atoms with Crippen molar-refractivity contribution >= 4 is 34.9 Å². The zero-order chi connectivity index (χ0) is 18.8. The number of carbonyl (C=O) groups is 1. The Hall–Kier alpha value is -2.02. The summed E-state index contributed by atoms with van der Waals surface area (Å²) >= 11 is 11.9. The van der Waals surface area contributed by atoms with Gasteiger partial charge >= 0.3 is 5.95 Å². The average molecular weight is 471 g/mol. The summed E-state index contributed by atoms with van der Waals surface area (Å²) in [5.74, 6) is 1.11. The van der Waals surface area contributed by atoms with E-state index in [1.165, 1.54) is 0 Å². The second kappa shape index (κ2) is 8.78. The van der Waals surface area contributed by atoms with E-state index >= 15 is 0 Å². The summed E-state index contributed by atoms with van der Waals surface area (Å²) in [5, 5.41) is 0.760. The number of anilines is 1. The number of ketones is 1. The molecule has 0 spiro atoms. The number of Topliss-reactive ketones (excluding diaryl/α,β-unsaturated/α-hetero) is 1. The molecule has 0 bridgehead atoms. The van der Waals surface area contributed by atoms with E-state index in [-0.39, 0.29) is 29.3 Å². The summed E-state index contributed by atoms with van der Waals surface area (Å²) in [7, 11) is 3.47. The number of aromatic nitrogens is 2. The van der Waals surface area contributed by atoms with Gasteiger partial charge in [-0.15, -0.1) is 0 Å². The molecule has 0 amide bonds. The zero-order valence-corrected chi connectivity index (χ0v) is 17.8. The number of nitrogen functional groups attached to an aromatic ring is 1. The fourth-order valence-electron chi connectivity index (χ4n) is 2.71. The topological polar surface area (TPSA) is 61.1 Å². The molecule has 0 aliphatic heterocycles. The van der Waals surface area contributed by atoms with E-state index in [2.05, 4.69) is 0 Å². The number of ether oxygens (including phenoxy) is 1. The highest BCUT2D eigenvalue weighted by molar-refractivity contribution is 6.42. The van der Waals surface area contributed by atoms with Gasteiger partial charge in [-0.3, -0.25) is 10.5 Å². The lowest BCUT2D eigenvalue weighted by Crippen LogP contribution is -3.00. The molecule has 3 rings (SSSR count). The Morgan fingerprint density at radius 1 is 1.19 bits per heavy atom. The molecule has 1 heterocycles. The van der Waals surface area contributed by atoms with Crippen LogP contribution in [-0.4, -0.2) is 17.5 Å². The number of imidazole rings is 1. The molecule has 8 heteroatoms. The van der Waals surface area contributed by atoms with Gasteiger partial charge in [0.1, 0.15) is 24.2 Å². The van der Waals surface area contributed by atoms with Crippen molar-refractivity contribution in [1.29, 1.82) is 0 Å². The Kier molecular flexibility index (Phi) is 6.92. The summed E-state index contributed by atoms with van der Waals surface area (Å²) in [4.78, 5) is 12.6. The number of carbonyl (C=O) groups excluding carboxylic acids is 1. The minimum Gasteiger partial charge on any atom is -1.00 e. The van der Waals surface area contributed by atoms with E-state index in [9.17, 15) is 4.79 Å². The molecule has 27 heavy (non-hydrogen) atoms. The van der Waals surface area contributed by atoms with Crippen LogP contribution in [0.5, 0.6) is 5.75 Å². The van der Waals surface area contributed by atoms with Crippen LogP contribution in [-0.2, 0) is 13.6 Å². The molecule has 3 aromatic rings. The molecule has 0 aliphatic rings. The van der Waals surface area contributed by atoms with Crippen molar-refractivity contribution in [3.8, 4) is 17.0 Å². The molecular weight excluding hydrogens is 453 g/mol. The van der Waals surface area contributed by atoms with Gasteiger partial charge < -0.3 is 21.7 Å². The third kappa shape index (κ3) is 4.46. The molecule has 0 atom stereocenters. The van der Waals surface area contributed by atoms with Gasteiger partial charge in [0.05, 0.1) is 24.2 Å². The summed E-state index contributed by atoms with van der Waals surface area (Å²) in [6.45, 7) is 0.0988. The second-order valence-corrected chi connectivity index (χ2v) is 6.66. The minimum absolute atomic E-state index is 0. The van der Waals surface area contributed by atoms with Crippen LogP contribution in [0.2, 0.25) is 10.0 Å². The van der Waals surface area contributed by atoms with Crippen LogP contribution in [0.15, 0.2) is 48.7 Å². The first-order valence-corrected chi connectivity index (χ1v) is 8.63. The lowest BCUT2D eigenvalue weighted by atomic mass is 10.1. The van der Waals surface area contributed by atoms with Crippen molar-refractivity contribution in [1.82, 2.24) is 4.57 Å². The smallest absolute Gasteiger partial charge is 0.355 e. The summed E-state index contributed by atoms with van der Waals surface area (Å²) < 4.78 is 8.81. The largest absolute Gasteiger partial charge is 1.00 e. The van der Waals surface area contributed by atoms with E-state index in [4.69, 9.17) is 33.7 Å². The highest BCUT2D eigenvalue weighted by Gasteiger charge is 2.21. The molecular formula is C19H18BrCl2N3O2. The number of nitrogens with two attached hydrogens (primary N) is 1. The Labute approximate surface area is 178 Å². The maximum absolute atomic E-state index is 12.6. The van der Waals surface area contributed by atoms with Gasteiger partial charge in [0.15, 0.2) is 5.78 Å². The Bertz CT molecular complexity index is 989. The average Bonchev–Trinajstić information content (AvgIpc) is 2.92. The van der Waals surface area contributed by atoms with Crippen LogP contribution in [0.25, 0.3) is 11.3 Å². The number of rotatable bonds is 5. The fourth-order valence-corrected chi connectivity index (χ4v) is 3.01. The number of nitrogens with zero attached hydrogens (tertiary/aromatic N) is 2. The number of halogens is 3. The highest BCUT2D eigenvalue weighted by atomic mass is 79.9. The van der Waals surface area contributed by atoms with Gasteiger partial charge in [-0.25, -0.2) is 9.13 Å². The third-order valence-corrected chi connectivity index (χ3v) is 4.94. The van der Waals surface area contributed by atoms with Crippen LogP contribution in [0.4, 0.5) is 5.95 Å². The molecule has 0 saturated heterocycles.